The molecule has 1 atom stereocenters. The van der Waals surface area contributed by atoms with Crippen LogP contribution >= 0.6 is 34.8 Å². The van der Waals surface area contributed by atoms with Gasteiger partial charge in [0.1, 0.15) is 0 Å². The molecular formula is C19H15Cl3N2O4. The van der Waals surface area contributed by atoms with Crippen LogP contribution in [0.2, 0.25) is 15.1 Å². The van der Waals surface area contributed by atoms with Crippen LogP contribution < -0.4 is 10.2 Å². The average molecular weight is 442 g/mol. The lowest BCUT2D eigenvalue weighted by Gasteiger charge is -2.17. The Morgan fingerprint density at radius 3 is 2.54 bits per heavy atom. The zero-order valence-electron chi connectivity index (χ0n) is 14.5. The van der Waals surface area contributed by atoms with Gasteiger partial charge in [0, 0.05) is 13.0 Å². The lowest BCUT2D eigenvalue weighted by atomic mass is 10.1. The zero-order valence-corrected chi connectivity index (χ0v) is 16.7. The Kier molecular flexibility index (Phi) is 6.44. The van der Waals surface area contributed by atoms with Crippen LogP contribution in [0.15, 0.2) is 42.5 Å². The van der Waals surface area contributed by atoms with Crippen LogP contribution in [-0.4, -0.2) is 30.9 Å². The van der Waals surface area contributed by atoms with Gasteiger partial charge in [0.05, 0.1) is 32.4 Å². The van der Waals surface area contributed by atoms with Crippen molar-refractivity contribution < 1.29 is 19.1 Å². The highest BCUT2D eigenvalue weighted by Crippen LogP contribution is 2.32. The Labute approximate surface area is 176 Å². The molecule has 146 valence electrons. The number of carbonyl (C=O) groups is 3. The molecule has 28 heavy (non-hydrogen) atoms. The van der Waals surface area contributed by atoms with Gasteiger partial charge in [0.15, 0.2) is 6.61 Å². The van der Waals surface area contributed by atoms with Crippen molar-refractivity contribution in [3.8, 4) is 0 Å². The van der Waals surface area contributed by atoms with Crippen molar-refractivity contribution in [2.24, 2.45) is 5.92 Å². The zero-order chi connectivity index (χ0) is 20.3. The molecule has 2 aromatic carbocycles. The van der Waals surface area contributed by atoms with Gasteiger partial charge in [0.25, 0.3) is 5.91 Å². The Morgan fingerprint density at radius 1 is 1.07 bits per heavy atom. The molecule has 1 heterocycles. The van der Waals surface area contributed by atoms with E-state index in [1.54, 1.807) is 42.5 Å². The van der Waals surface area contributed by atoms with E-state index < -0.39 is 24.4 Å². The second-order valence-electron chi connectivity index (χ2n) is 6.11. The molecule has 0 aliphatic carbocycles. The number of ether oxygens (including phenoxy) is 1. The smallest absolute Gasteiger partial charge is 0.311 e. The fourth-order valence-electron chi connectivity index (χ4n) is 2.81. The Hall–Kier alpha value is -2.28. The Bertz CT molecular complexity index is 935. The van der Waals surface area contributed by atoms with E-state index in [0.29, 0.717) is 21.4 Å². The minimum atomic E-state index is -0.675. The third-order valence-corrected chi connectivity index (χ3v) is 5.31. The Balaban J connectivity index is 1.55. The number of carbonyl (C=O) groups excluding carboxylic acids is 3. The molecule has 3 rings (SSSR count). The fourth-order valence-corrected chi connectivity index (χ4v) is 3.40. The number of esters is 1. The van der Waals surface area contributed by atoms with E-state index in [9.17, 15) is 14.4 Å². The highest BCUT2D eigenvalue weighted by atomic mass is 35.5. The highest BCUT2D eigenvalue weighted by Gasteiger charge is 2.37. The summed E-state index contributed by atoms with van der Waals surface area (Å²) in [5.74, 6) is -2.10. The summed E-state index contributed by atoms with van der Waals surface area (Å²) in [5.41, 5.74) is 0.856. The minimum Gasteiger partial charge on any atom is -0.455 e. The monoisotopic (exact) mass is 440 g/mol. The van der Waals surface area contributed by atoms with Gasteiger partial charge < -0.3 is 15.0 Å². The summed E-state index contributed by atoms with van der Waals surface area (Å²) < 4.78 is 5.05. The van der Waals surface area contributed by atoms with Crippen LogP contribution in [0.1, 0.15) is 6.42 Å². The lowest BCUT2D eigenvalue weighted by molar-refractivity contribution is -0.151. The number of amides is 2. The van der Waals surface area contributed by atoms with Crippen molar-refractivity contribution in [3.05, 3.63) is 57.5 Å². The average Bonchev–Trinajstić information content (AvgIpc) is 3.05. The van der Waals surface area contributed by atoms with Crippen molar-refractivity contribution >= 4 is 64.0 Å². The first-order chi connectivity index (χ1) is 13.4. The summed E-state index contributed by atoms with van der Waals surface area (Å²) in [7, 11) is 0. The number of halogens is 3. The first-order valence-corrected chi connectivity index (χ1v) is 9.45. The second kappa shape index (κ2) is 8.82. The molecule has 6 nitrogen and oxygen atoms in total. The van der Waals surface area contributed by atoms with Gasteiger partial charge in [-0.15, -0.1) is 0 Å². The number of anilines is 2. The van der Waals surface area contributed by atoms with E-state index in [-0.39, 0.29) is 23.9 Å². The van der Waals surface area contributed by atoms with Gasteiger partial charge in [-0.05, 0) is 24.3 Å². The number of para-hydroxylation sites is 1. The van der Waals surface area contributed by atoms with E-state index >= 15 is 0 Å². The Morgan fingerprint density at radius 2 is 1.79 bits per heavy atom. The normalized spacial score (nSPS) is 16.2. The van der Waals surface area contributed by atoms with Crippen LogP contribution in [0.4, 0.5) is 11.4 Å². The highest BCUT2D eigenvalue weighted by molar-refractivity contribution is 6.44. The molecule has 0 saturated carbocycles. The summed E-state index contributed by atoms with van der Waals surface area (Å²) in [5, 5.41) is 3.43. The maximum atomic E-state index is 12.3. The molecular weight excluding hydrogens is 427 g/mol. The van der Waals surface area contributed by atoms with Crippen LogP contribution in [0.25, 0.3) is 0 Å². The quantitative estimate of drug-likeness (QED) is 0.706. The van der Waals surface area contributed by atoms with Crippen LogP contribution in [0, 0.1) is 5.92 Å². The number of hydrogen-bond acceptors (Lipinski definition) is 4. The largest absolute Gasteiger partial charge is 0.455 e. The summed E-state index contributed by atoms with van der Waals surface area (Å²) in [4.78, 5) is 38.0. The molecule has 1 aliphatic heterocycles. The van der Waals surface area contributed by atoms with Crippen molar-refractivity contribution in [1.29, 1.82) is 0 Å². The number of hydrogen-bond donors (Lipinski definition) is 1. The molecule has 0 aromatic heterocycles. The predicted octanol–water partition coefficient (Wildman–Crippen LogP) is 4.18. The maximum absolute atomic E-state index is 12.3. The molecule has 0 bridgehead atoms. The number of nitrogens with one attached hydrogen (secondary N) is 1. The van der Waals surface area contributed by atoms with Gasteiger partial charge in [-0.25, -0.2) is 0 Å². The summed E-state index contributed by atoms with van der Waals surface area (Å²) in [6, 6.07) is 11.7. The molecule has 1 saturated heterocycles. The van der Waals surface area contributed by atoms with Gasteiger partial charge in [-0.3, -0.25) is 14.4 Å². The van der Waals surface area contributed by atoms with E-state index in [1.165, 1.54) is 4.90 Å². The van der Waals surface area contributed by atoms with E-state index in [4.69, 9.17) is 39.5 Å². The molecule has 0 spiro atoms. The van der Waals surface area contributed by atoms with Crippen molar-refractivity contribution in [1.82, 2.24) is 0 Å². The maximum Gasteiger partial charge on any atom is 0.311 e. The third-order valence-electron chi connectivity index (χ3n) is 4.17. The molecule has 1 N–H and O–H groups in total. The number of rotatable bonds is 5. The summed E-state index contributed by atoms with van der Waals surface area (Å²) >= 11 is 18.0. The molecule has 2 amide bonds. The number of benzene rings is 2. The van der Waals surface area contributed by atoms with Crippen molar-refractivity contribution in [2.75, 3.05) is 23.4 Å². The topological polar surface area (TPSA) is 75.7 Å². The first-order valence-electron chi connectivity index (χ1n) is 8.32. The van der Waals surface area contributed by atoms with Gasteiger partial charge in [-0.2, -0.15) is 0 Å². The van der Waals surface area contributed by atoms with Crippen LogP contribution in [0.5, 0.6) is 0 Å². The predicted molar refractivity (Wildman–Crippen MR) is 108 cm³/mol. The van der Waals surface area contributed by atoms with Crippen LogP contribution in [0.3, 0.4) is 0 Å². The first kappa shape index (κ1) is 20.5. The SMILES string of the molecule is O=C(COC(=O)[C@H]1CC(=O)N(c2ccccc2Cl)C1)Nc1cccc(Cl)c1Cl. The lowest BCUT2D eigenvalue weighted by Crippen LogP contribution is -2.28. The molecule has 2 aromatic rings. The second-order valence-corrected chi connectivity index (χ2v) is 7.31. The van der Waals surface area contributed by atoms with Gasteiger partial charge in [-0.1, -0.05) is 53.0 Å². The van der Waals surface area contributed by atoms with Gasteiger partial charge >= 0.3 is 5.97 Å². The van der Waals surface area contributed by atoms with Gasteiger partial charge in [0.2, 0.25) is 5.91 Å². The summed E-state index contributed by atoms with van der Waals surface area (Å²) in [6.07, 6.45) is -0.00814. The van der Waals surface area contributed by atoms with E-state index in [0.717, 1.165) is 0 Å². The molecule has 0 unspecified atom stereocenters. The minimum absolute atomic E-state index is 0.00814. The molecule has 9 heteroatoms. The molecule has 1 fully saturated rings. The van der Waals surface area contributed by atoms with E-state index in [2.05, 4.69) is 5.32 Å². The van der Waals surface area contributed by atoms with Crippen molar-refractivity contribution in [3.63, 3.8) is 0 Å². The van der Waals surface area contributed by atoms with Crippen molar-refractivity contribution in [2.45, 2.75) is 6.42 Å². The van der Waals surface area contributed by atoms with E-state index in [1.807, 2.05) is 0 Å². The summed E-state index contributed by atoms with van der Waals surface area (Å²) in [6.45, 7) is -0.360. The van der Waals surface area contributed by atoms with Crippen LogP contribution in [-0.2, 0) is 19.1 Å². The molecule has 0 radical (unpaired) electrons. The molecule has 1 aliphatic rings. The fraction of sp³-hybridized carbons (Fsp3) is 0.211. The third kappa shape index (κ3) is 4.58. The standard InChI is InChI=1S/C19H15Cl3N2O4/c20-12-4-1-2-7-15(12)24-9-11(8-17(24)26)19(27)28-10-16(25)23-14-6-3-5-13(21)18(14)22/h1-7,11H,8-10H2,(H,23,25)/t11-/m0/s1. The number of nitrogens with zero attached hydrogens (tertiary/aromatic N) is 1.